The minimum Gasteiger partial charge on any atom is -0.468 e. The molecule has 0 rings (SSSR count). The van der Waals surface area contributed by atoms with E-state index in [2.05, 4.69) is 20.1 Å². The van der Waals surface area contributed by atoms with Crippen LogP contribution in [0.15, 0.2) is 0 Å². The highest BCUT2D eigenvalue weighted by Gasteiger charge is 2.30. The fourth-order valence-corrected chi connectivity index (χ4v) is 2.24. The maximum atomic E-state index is 12.1. The van der Waals surface area contributed by atoms with Crippen molar-refractivity contribution in [1.82, 2.24) is 15.5 Å². The summed E-state index contributed by atoms with van der Waals surface area (Å²) < 4.78 is 14.0. The van der Waals surface area contributed by atoms with Gasteiger partial charge in [0.2, 0.25) is 5.91 Å². The number of methoxy groups -OCH3 is 3. The molecule has 0 aliphatic carbocycles. The van der Waals surface area contributed by atoms with Crippen LogP contribution in [-0.4, -0.2) is 89.3 Å². The van der Waals surface area contributed by atoms with Gasteiger partial charge in [-0.3, -0.25) is 24.1 Å². The third-order valence-electron chi connectivity index (χ3n) is 3.60. The summed E-state index contributed by atoms with van der Waals surface area (Å²) in [6.07, 6.45) is 1.56. The first-order chi connectivity index (χ1) is 12.4. The number of nitrogens with zero attached hydrogens (tertiary/aromatic N) is 1. The second-order valence-electron chi connectivity index (χ2n) is 5.47. The smallest absolute Gasteiger partial charge is 0.323 e. The molecule has 0 radical (unpaired) electrons. The van der Waals surface area contributed by atoms with E-state index < -0.39 is 23.9 Å². The number of carbonyl (C=O) groups is 4. The van der Waals surface area contributed by atoms with Gasteiger partial charge in [-0.15, -0.1) is 0 Å². The van der Waals surface area contributed by atoms with E-state index in [-0.39, 0.29) is 25.5 Å². The van der Waals surface area contributed by atoms with Crippen molar-refractivity contribution < 1.29 is 33.4 Å². The quantitative estimate of drug-likeness (QED) is 0.229. The van der Waals surface area contributed by atoms with E-state index in [9.17, 15) is 19.2 Å². The van der Waals surface area contributed by atoms with Crippen LogP contribution < -0.4 is 10.6 Å². The second-order valence-corrected chi connectivity index (χ2v) is 5.47. The summed E-state index contributed by atoms with van der Waals surface area (Å²) in [6, 6.07) is -0.800. The number of hydrogen-bond donors (Lipinski definition) is 2. The second kappa shape index (κ2) is 14.0. The number of hydrogen-bond acceptors (Lipinski definition) is 9. The van der Waals surface area contributed by atoms with Gasteiger partial charge >= 0.3 is 17.9 Å². The molecule has 0 aromatic heterocycles. The summed E-state index contributed by atoms with van der Waals surface area (Å²) >= 11 is 0. The predicted octanol–water partition coefficient (Wildman–Crippen LogP) is -1.32. The summed E-state index contributed by atoms with van der Waals surface area (Å²) in [5, 5.41) is 5.48. The first-order valence-electron chi connectivity index (χ1n) is 8.26. The predicted molar refractivity (Wildman–Crippen MR) is 92.2 cm³/mol. The van der Waals surface area contributed by atoms with E-state index in [0.29, 0.717) is 25.8 Å². The molecule has 26 heavy (non-hydrogen) atoms. The molecule has 1 unspecified atom stereocenters. The summed E-state index contributed by atoms with van der Waals surface area (Å²) in [7, 11) is 5.36. The van der Waals surface area contributed by atoms with Crippen LogP contribution >= 0.6 is 0 Å². The van der Waals surface area contributed by atoms with Gasteiger partial charge in [0.15, 0.2) is 0 Å². The molecule has 0 aliphatic heterocycles. The van der Waals surface area contributed by atoms with E-state index >= 15 is 0 Å². The summed E-state index contributed by atoms with van der Waals surface area (Å²) in [6.45, 7) is 0.202. The standard InChI is InChI=1S/C16H29N3O7/c1-17-9-13(20)18-8-6-5-7-12(16(23)26-4)19(10-14(21)24-2)11-15(22)25-3/h12,17H,5-11H2,1-4H3,(H,18,20). The third kappa shape index (κ3) is 9.94. The minimum atomic E-state index is -0.800. The molecule has 1 amide bonds. The highest BCUT2D eigenvalue weighted by Crippen LogP contribution is 2.11. The van der Waals surface area contributed by atoms with Crippen molar-refractivity contribution in [2.45, 2.75) is 25.3 Å². The van der Waals surface area contributed by atoms with Gasteiger partial charge in [-0.2, -0.15) is 0 Å². The van der Waals surface area contributed by atoms with Crippen LogP contribution in [0.25, 0.3) is 0 Å². The Balaban J connectivity index is 4.77. The molecular weight excluding hydrogens is 346 g/mol. The average Bonchev–Trinajstić information content (AvgIpc) is 2.63. The lowest BCUT2D eigenvalue weighted by Crippen LogP contribution is -2.47. The van der Waals surface area contributed by atoms with Gasteiger partial charge in [0, 0.05) is 6.54 Å². The number of amides is 1. The van der Waals surface area contributed by atoms with Gasteiger partial charge < -0.3 is 24.8 Å². The Morgan fingerprint density at radius 3 is 1.96 bits per heavy atom. The van der Waals surface area contributed by atoms with Crippen LogP contribution in [-0.2, 0) is 33.4 Å². The molecular formula is C16H29N3O7. The maximum Gasteiger partial charge on any atom is 0.323 e. The lowest BCUT2D eigenvalue weighted by atomic mass is 10.1. The maximum absolute atomic E-state index is 12.1. The number of unbranched alkanes of at least 4 members (excludes halogenated alkanes) is 1. The minimum absolute atomic E-state index is 0.116. The number of esters is 3. The van der Waals surface area contributed by atoms with E-state index in [4.69, 9.17) is 4.74 Å². The average molecular weight is 375 g/mol. The molecule has 1 atom stereocenters. The van der Waals surface area contributed by atoms with E-state index in [1.54, 1.807) is 7.05 Å². The van der Waals surface area contributed by atoms with Crippen molar-refractivity contribution in [3.8, 4) is 0 Å². The molecule has 0 saturated carbocycles. The Morgan fingerprint density at radius 1 is 0.923 bits per heavy atom. The molecule has 0 fully saturated rings. The van der Waals surface area contributed by atoms with Crippen molar-refractivity contribution in [2.75, 3.05) is 54.6 Å². The molecule has 2 N–H and O–H groups in total. The highest BCUT2D eigenvalue weighted by atomic mass is 16.5. The van der Waals surface area contributed by atoms with Crippen LogP contribution in [0, 0.1) is 0 Å². The Labute approximate surface area is 153 Å². The monoisotopic (exact) mass is 375 g/mol. The van der Waals surface area contributed by atoms with Crippen LogP contribution in [0.2, 0.25) is 0 Å². The van der Waals surface area contributed by atoms with Crippen LogP contribution in [0.3, 0.4) is 0 Å². The number of nitrogens with one attached hydrogen (secondary N) is 2. The lowest BCUT2D eigenvalue weighted by Gasteiger charge is -2.27. The fourth-order valence-electron chi connectivity index (χ4n) is 2.24. The summed E-state index contributed by atoms with van der Waals surface area (Å²) in [5.74, 6) is -1.84. The molecule has 0 bridgehead atoms. The molecule has 0 heterocycles. The van der Waals surface area contributed by atoms with E-state index in [1.807, 2.05) is 0 Å². The number of ether oxygens (including phenoxy) is 3. The van der Waals surface area contributed by atoms with Crippen molar-refractivity contribution in [1.29, 1.82) is 0 Å². The van der Waals surface area contributed by atoms with Crippen molar-refractivity contribution >= 4 is 23.8 Å². The molecule has 0 saturated heterocycles. The van der Waals surface area contributed by atoms with E-state index in [1.165, 1.54) is 26.2 Å². The van der Waals surface area contributed by atoms with Crippen LogP contribution in [0.1, 0.15) is 19.3 Å². The van der Waals surface area contributed by atoms with Crippen molar-refractivity contribution in [3.63, 3.8) is 0 Å². The first-order valence-corrected chi connectivity index (χ1v) is 8.26. The zero-order chi connectivity index (χ0) is 19.9. The summed E-state index contributed by atoms with van der Waals surface area (Å²) in [4.78, 5) is 48.0. The van der Waals surface area contributed by atoms with Crippen molar-refractivity contribution in [2.24, 2.45) is 0 Å². The van der Waals surface area contributed by atoms with E-state index in [0.717, 1.165) is 0 Å². The van der Waals surface area contributed by atoms with Gasteiger partial charge in [-0.25, -0.2) is 0 Å². The number of likely N-dealkylation sites (N-methyl/N-ethyl adjacent to an activating group) is 1. The van der Waals surface area contributed by atoms with Gasteiger partial charge in [-0.05, 0) is 26.3 Å². The Hall–Kier alpha value is -2.20. The van der Waals surface area contributed by atoms with Gasteiger partial charge in [0.25, 0.3) is 0 Å². The SMILES string of the molecule is CNCC(=O)NCCCCC(C(=O)OC)N(CC(=O)OC)CC(=O)OC. The van der Waals surface area contributed by atoms with Gasteiger partial charge in [-0.1, -0.05) is 0 Å². The molecule has 0 aromatic carbocycles. The molecule has 0 aliphatic rings. The lowest BCUT2D eigenvalue weighted by molar-refractivity contribution is -0.153. The first kappa shape index (κ1) is 23.8. The third-order valence-corrected chi connectivity index (χ3v) is 3.60. The molecule has 10 heteroatoms. The largest absolute Gasteiger partial charge is 0.468 e. The number of carbonyl (C=O) groups excluding carboxylic acids is 4. The van der Waals surface area contributed by atoms with Crippen LogP contribution in [0.4, 0.5) is 0 Å². The molecule has 150 valence electrons. The molecule has 0 spiro atoms. The normalized spacial score (nSPS) is 11.6. The molecule has 0 aromatic rings. The Kier molecular flexibility index (Phi) is 12.8. The highest BCUT2D eigenvalue weighted by molar-refractivity contribution is 5.80. The Bertz CT molecular complexity index is 453. The van der Waals surface area contributed by atoms with Crippen molar-refractivity contribution in [3.05, 3.63) is 0 Å². The topological polar surface area (TPSA) is 123 Å². The van der Waals surface area contributed by atoms with Gasteiger partial charge in [0.1, 0.15) is 6.04 Å². The number of rotatable bonds is 13. The van der Waals surface area contributed by atoms with Crippen LogP contribution in [0.5, 0.6) is 0 Å². The zero-order valence-corrected chi connectivity index (χ0v) is 15.8. The molecule has 10 nitrogen and oxygen atoms in total. The Morgan fingerprint density at radius 2 is 1.50 bits per heavy atom. The fraction of sp³-hybridized carbons (Fsp3) is 0.750. The zero-order valence-electron chi connectivity index (χ0n) is 15.8. The van der Waals surface area contributed by atoms with Gasteiger partial charge in [0.05, 0.1) is 41.0 Å². The summed E-state index contributed by atoms with van der Waals surface area (Å²) in [5.41, 5.74) is 0.